The molecule has 0 radical (unpaired) electrons. The molecule has 1 amide bonds. The minimum absolute atomic E-state index is 0.104. The minimum Gasteiger partial charge on any atom is -0.369 e. The predicted octanol–water partition coefficient (Wildman–Crippen LogP) is 1.86. The average Bonchev–Trinajstić information content (AvgIpc) is 2.70. The molecule has 0 aromatic carbocycles. The summed E-state index contributed by atoms with van der Waals surface area (Å²) in [4.78, 5) is 11.8. The lowest BCUT2D eigenvalue weighted by Gasteiger charge is -2.18. The maximum atomic E-state index is 11.8. The van der Waals surface area contributed by atoms with E-state index in [1.165, 1.54) is 0 Å². The number of carbonyl (C=O) groups excluding carboxylic acids is 1. The molecule has 0 aliphatic rings. The Labute approximate surface area is 102 Å². The molecular weight excluding hydrogens is 218 g/mol. The summed E-state index contributed by atoms with van der Waals surface area (Å²) >= 11 is 0. The van der Waals surface area contributed by atoms with Crippen molar-refractivity contribution >= 4 is 5.91 Å². The second-order valence-electron chi connectivity index (χ2n) is 4.90. The molecule has 0 aliphatic heterocycles. The fourth-order valence-electron chi connectivity index (χ4n) is 1.24. The van der Waals surface area contributed by atoms with Gasteiger partial charge in [0.15, 0.2) is 0 Å². The maximum absolute atomic E-state index is 11.8. The lowest BCUT2D eigenvalue weighted by atomic mass is 10.2. The highest BCUT2D eigenvalue weighted by Gasteiger charge is 2.17. The number of rotatable bonds is 5. The van der Waals surface area contributed by atoms with E-state index in [0.717, 1.165) is 6.42 Å². The minimum atomic E-state index is -0.240. The number of amides is 1. The van der Waals surface area contributed by atoms with Crippen LogP contribution < -0.4 is 5.32 Å². The Balaban J connectivity index is 2.62. The monoisotopic (exact) mass is 239 g/mol. The molecule has 5 nitrogen and oxygen atoms in total. The molecule has 2 N–H and O–H groups in total. The van der Waals surface area contributed by atoms with Gasteiger partial charge in [0.1, 0.15) is 5.69 Å². The number of carbonyl (C=O) groups is 1. The molecule has 96 valence electrons. The number of ether oxygens (including phenoxy) is 1. The molecule has 17 heavy (non-hydrogen) atoms. The molecule has 0 spiro atoms. The molecule has 0 saturated carbocycles. The molecular formula is C12H21N3O2. The summed E-state index contributed by atoms with van der Waals surface area (Å²) in [5.41, 5.74) is 0.965. The number of nitrogens with zero attached hydrogens (tertiary/aromatic N) is 1. The molecule has 1 heterocycles. The molecule has 1 rings (SSSR count). The van der Waals surface area contributed by atoms with Gasteiger partial charge in [-0.15, -0.1) is 0 Å². The van der Waals surface area contributed by atoms with Crippen LogP contribution in [-0.4, -0.2) is 28.3 Å². The van der Waals surface area contributed by atoms with Crippen LogP contribution in [0.1, 0.15) is 50.2 Å². The number of aromatic nitrogens is 2. The lowest BCUT2D eigenvalue weighted by molar-refractivity contribution is -0.0167. The molecule has 0 saturated heterocycles. The summed E-state index contributed by atoms with van der Waals surface area (Å²) in [7, 11) is 0. The average molecular weight is 239 g/mol. The molecule has 0 unspecified atom stereocenters. The number of hydrogen-bond donors (Lipinski definition) is 2. The van der Waals surface area contributed by atoms with Gasteiger partial charge in [-0.2, -0.15) is 5.10 Å². The van der Waals surface area contributed by atoms with E-state index in [0.29, 0.717) is 24.4 Å². The third-order valence-corrected chi connectivity index (χ3v) is 2.14. The van der Waals surface area contributed by atoms with Gasteiger partial charge in [0.25, 0.3) is 5.91 Å². The van der Waals surface area contributed by atoms with E-state index in [4.69, 9.17) is 4.74 Å². The van der Waals surface area contributed by atoms with Crippen molar-refractivity contribution in [2.75, 3.05) is 6.54 Å². The molecule has 0 aliphatic carbocycles. The van der Waals surface area contributed by atoms with E-state index in [2.05, 4.69) is 15.5 Å². The topological polar surface area (TPSA) is 67.0 Å². The van der Waals surface area contributed by atoms with Gasteiger partial charge in [-0.05, 0) is 27.2 Å². The standard InChI is InChI=1S/C12H21N3O2/c1-5-6-13-11(16)9-7-14-15-10(9)8-17-12(2,3)4/h7H,5-6,8H2,1-4H3,(H,13,16)(H,14,15). The van der Waals surface area contributed by atoms with E-state index in [1.54, 1.807) is 6.20 Å². The van der Waals surface area contributed by atoms with Crippen LogP contribution in [-0.2, 0) is 11.3 Å². The van der Waals surface area contributed by atoms with E-state index < -0.39 is 0 Å². The van der Waals surface area contributed by atoms with Crippen LogP contribution in [0.5, 0.6) is 0 Å². The van der Waals surface area contributed by atoms with Crippen LogP contribution in [0.3, 0.4) is 0 Å². The Morgan fingerprint density at radius 1 is 1.53 bits per heavy atom. The van der Waals surface area contributed by atoms with Gasteiger partial charge in [-0.3, -0.25) is 9.89 Å². The summed E-state index contributed by atoms with van der Waals surface area (Å²) in [6.07, 6.45) is 2.52. The van der Waals surface area contributed by atoms with Crippen LogP contribution in [0.15, 0.2) is 6.20 Å². The van der Waals surface area contributed by atoms with Crippen LogP contribution >= 0.6 is 0 Å². The van der Waals surface area contributed by atoms with Gasteiger partial charge in [-0.25, -0.2) is 0 Å². The number of hydrogen-bond acceptors (Lipinski definition) is 3. The van der Waals surface area contributed by atoms with Crippen molar-refractivity contribution in [2.24, 2.45) is 0 Å². The first-order valence-corrected chi connectivity index (χ1v) is 5.89. The molecule has 1 aromatic rings. The summed E-state index contributed by atoms with van der Waals surface area (Å²) in [5, 5.41) is 9.56. The Morgan fingerprint density at radius 2 is 2.24 bits per heavy atom. The smallest absolute Gasteiger partial charge is 0.254 e. The summed E-state index contributed by atoms with van der Waals surface area (Å²) in [6, 6.07) is 0. The first-order chi connectivity index (χ1) is 7.94. The van der Waals surface area contributed by atoms with Crippen molar-refractivity contribution in [1.82, 2.24) is 15.5 Å². The predicted molar refractivity (Wildman–Crippen MR) is 65.8 cm³/mol. The fraction of sp³-hybridized carbons (Fsp3) is 0.667. The first kappa shape index (κ1) is 13.7. The van der Waals surface area contributed by atoms with Crippen molar-refractivity contribution in [3.05, 3.63) is 17.5 Å². The summed E-state index contributed by atoms with van der Waals surface area (Å²) < 4.78 is 5.61. The van der Waals surface area contributed by atoms with Crippen LogP contribution in [0, 0.1) is 0 Å². The van der Waals surface area contributed by atoms with Gasteiger partial charge >= 0.3 is 0 Å². The maximum Gasteiger partial charge on any atom is 0.254 e. The number of H-pyrrole nitrogens is 1. The first-order valence-electron chi connectivity index (χ1n) is 5.89. The lowest BCUT2D eigenvalue weighted by Crippen LogP contribution is -2.25. The van der Waals surface area contributed by atoms with Gasteiger partial charge in [-0.1, -0.05) is 6.92 Å². The van der Waals surface area contributed by atoms with Crippen molar-refractivity contribution in [1.29, 1.82) is 0 Å². The Hall–Kier alpha value is -1.36. The number of nitrogens with one attached hydrogen (secondary N) is 2. The molecule has 0 atom stereocenters. The van der Waals surface area contributed by atoms with Gasteiger partial charge in [0, 0.05) is 12.7 Å². The Kier molecular flexibility index (Phi) is 4.69. The normalized spacial score (nSPS) is 11.5. The highest BCUT2D eigenvalue weighted by atomic mass is 16.5. The molecule has 0 bridgehead atoms. The summed E-state index contributed by atoms with van der Waals surface area (Å²) in [6.45, 7) is 8.92. The molecule has 1 aromatic heterocycles. The fourth-order valence-corrected chi connectivity index (χ4v) is 1.24. The van der Waals surface area contributed by atoms with Crippen LogP contribution in [0.25, 0.3) is 0 Å². The highest BCUT2D eigenvalue weighted by Crippen LogP contribution is 2.13. The van der Waals surface area contributed by atoms with Crippen molar-refractivity contribution in [3.8, 4) is 0 Å². The second-order valence-corrected chi connectivity index (χ2v) is 4.90. The van der Waals surface area contributed by atoms with E-state index in [1.807, 2.05) is 27.7 Å². The Morgan fingerprint density at radius 3 is 2.82 bits per heavy atom. The van der Waals surface area contributed by atoms with Gasteiger partial charge in [0.05, 0.1) is 17.8 Å². The molecule has 5 heteroatoms. The zero-order valence-electron chi connectivity index (χ0n) is 11.0. The van der Waals surface area contributed by atoms with Crippen molar-refractivity contribution in [2.45, 2.75) is 46.3 Å². The van der Waals surface area contributed by atoms with Crippen LogP contribution in [0.4, 0.5) is 0 Å². The third kappa shape index (κ3) is 4.56. The largest absolute Gasteiger partial charge is 0.369 e. The van der Waals surface area contributed by atoms with Gasteiger partial charge < -0.3 is 10.1 Å². The van der Waals surface area contributed by atoms with Crippen LogP contribution in [0.2, 0.25) is 0 Å². The van der Waals surface area contributed by atoms with E-state index in [9.17, 15) is 4.79 Å². The summed E-state index contributed by atoms with van der Waals surface area (Å²) in [5.74, 6) is -0.104. The van der Waals surface area contributed by atoms with Crippen molar-refractivity contribution < 1.29 is 9.53 Å². The SMILES string of the molecule is CCCNC(=O)c1c[nH]nc1COC(C)(C)C. The Bertz CT molecular complexity index is 366. The third-order valence-electron chi connectivity index (χ3n) is 2.14. The zero-order chi connectivity index (χ0) is 12.9. The highest BCUT2D eigenvalue weighted by molar-refractivity contribution is 5.94. The number of aromatic amines is 1. The second kappa shape index (κ2) is 5.82. The van der Waals surface area contributed by atoms with Crippen molar-refractivity contribution in [3.63, 3.8) is 0 Å². The quantitative estimate of drug-likeness (QED) is 0.824. The van der Waals surface area contributed by atoms with Gasteiger partial charge in [0.2, 0.25) is 0 Å². The van der Waals surface area contributed by atoms with E-state index >= 15 is 0 Å². The molecule has 0 fully saturated rings. The van der Waals surface area contributed by atoms with E-state index in [-0.39, 0.29) is 11.5 Å². The zero-order valence-corrected chi connectivity index (χ0v) is 11.0.